The maximum atomic E-state index is 13.0. The average molecular weight is 281 g/mol. The molecule has 1 saturated heterocycles. The molecule has 1 heterocycles. The molecule has 0 aliphatic carbocycles. The number of amides is 1. The van der Waals surface area contributed by atoms with Crippen molar-refractivity contribution in [2.24, 2.45) is 0 Å². The number of hydrogen-bond acceptors (Lipinski definition) is 2. The first-order valence-corrected chi connectivity index (χ1v) is 5.13. The van der Waals surface area contributed by atoms with Gasteiger partial charge in [-0.1, -0.05) is 0 Å². The van der Waals surface area contributed by atoms with E-state index in [1.54, 1.807) is 7.05 Å². The second kappa shape index (κ2) is 5.58. The molecule has 1 aromatic carbocycles. The Labute approximate surface area is 108 Å². The molecule has 1 aliphatic rings. The summed E-state index contributed by atoms with van der Waals surface area (Å²) in [6.07, 6.45) is 0. The highest BCUT2D eigenvalue weighted by molar-refractivity contribution is 5.94. The second-order valence-corrected chi connectivity index (χ2v) is 3.98. The predicted molar refractivity (Wildman–Crippen MR) is 62.3 cm³/mol. The molecule has 1 aromatic rings. The van der Waals surface area contributed by atoms with Crippen LogP contribution in [0.4, 0.5) is 13.2 Å². The van der Waals surface area contributed by atoms with Gasteiger partial charge in [-0.3, -0.25) is 4.79 Å². The topological polar surface area (TPSA) is 32.3 Å². The van der Waals surface area contributed by atoms with Crippen LogP contribution < -0.4 is 5.32 Å². The Morgan fingerprint density at radius 2 is 1.78 bits per heavy atom. The molecule has 1 aliphatic heterocycles. The van der Waals surface area contributed by atoms with E-state index in [9.17, 15) is 18.0 Å². The van der Waals surface area contributed by atoms with Crippen LogP contribution in [0.25, 0.3) is 0 Å². The van der Waals surface area contributed by atoms with Crippen LogP contribution in [0.5, 0.6) is 0 Å². The first kappa shape index (κ1) is 14.8. The van der Waals surface area contributed by atoms with Crippen LogP contribution >= 0.6 is 12.4 Å². The van der Waals surface area contributed by atoms with Gasteiger partial charge in [0.25, 0.3) is 5.91 Å². The largest absolute Gasteiger partial charge is 0.336 e. The van der Waals surface area contributed by atoms with Crippen molar-refractivity contribution in [2.45, 2.75) is 6.04 Å². The van der Waals surface area contributed by atoms with Crippen molar-refractivity contribution in [3.63, 3.8) is 0 Å². The Morgan fingerprint density at radius 1 is 1.28 bits per heavy atom. The standard InChI is InChI=1S/C11H11F3N2O.ClH/c1-16(7-4-15-5-7)11(17)6-2-8(12)10(14)9(13)3-6;/h2-3,7,15H,4-5H2,1H3;1H. The van der Waals surface area contributed by atoms with Gasteiger partial charge >= 0.3 is 0 Å². The first-order valence-electron chi connectivity index (χ1n) is 5.13. The number of nitrogens with zero attached hydrogens (tertiary/aromatic N) is 1. The van der Waals surface area contributed by atoms with Gasteiger partial charge in [0.1, 0.15) is 0 Å². The van der Waals surface area contributed by atoms with Crippen LogP contribution in [0.1, 0.15) is 10.4 Å². The third-order valence-corrected chi connectivity index (χ3v) is 2.86. The fourth-order valence-electron chi connectivity index (χ4n) is 1.60. The molecule has 0 bridgehead atoms. The monoisotopic (exact) mass is 280 g/mol. The van der Waals surface area contributed by atoms with E-state index in [4.69, 9.17) is 0 Å². The summed E-state index contributed by atoms with van der Waals surface area (Å²) in [5, 5.41) is 2.98. The highest BCUT2D eigenvalue weighted by atomic mass is 35.5. The molecule has 0 spiro atoms. The van der Waals surface area contributed by atoms with E-state index in [1.807, 2.05) is 0 Å². The fourth-order valence-corrected chi connectivity index (χ4v) is 1.60. The third-order valence-electron chi connectivity index (χ3n) is 2.86. The maximum absolute atomic E-state index is 13.0. The number of halogens is 4. The van der Waals surface area contributed by atoms with Crippen LogP contribution in [0.2, 0.25) is 0 Å². The number of hydrogen-bond donors (Lipinski definition) is 1. The summed E-state index contributed by atoms with van der Waals surface area (Å²) in [4.78, 5) is 13.2. The zero-order valence-electron chi connectivity index (χ0n) is 9.54. The highest BCUT2D eigenvalue weighted by Crippen LogP contribution is 2.16. The lowest BCUT2D eigenvalue weighted by Gasteiger charge is -2.35. The van der Waals surface area contributed by atoms with Gasteiger partial charge in [-0.25, -0.2) is 13.2 Å². The van der Waals surface area contributed by atoms with Crippen molar-refractivity contribution in [3.8, 4) is 0 Å². The molecule has 18 heavy (non-hydrogen) atoms. The van der Waals surface area contributed by atoms with Crippen LogP contribution in [0.15, 0.2) is 12.1 Å². The quantitative estimate of drug-likeness (QED) is 0.834. The van der Waals surface area contributed by atoms with Gasteiger partial charge in [-0.2, -0.15) is 0 Å². The zero-order valence-corrected chi connectivity index (χ0v) is 10.4. The molecule has 2 rings (SSSR count). The van der Waals surface area contributed by atoms with E-state index in [2.05, 4.69) is 5.32 Å². The Balaban J connectivity index is 0.00000162. The van der Waals surface area contributed by atoms with Crippen molar-refractivity contribution >= 4 is 18.3 Å². The lowest BCUT2D eigenvalue weighted by atomic mass is 10.1. The summed E-state index contributed by atoms with van der Waals surface area (Å²) in [5.74, 6) is -4.79. The molecule has 0 saturated carbocycles. The van der Waals surface area contributed by atoms with Crippen molar-refractivity contribution in [1.82, 2.24) is 10.2 Å². The minimum atomic E-state index is -1.56. The Bertz CT molecular complexity index is 443. The number of likely N-dealkylation sites (N-methyl/N-ethyl adjacent to an activating group) is 1. The Morgan fingerprint density at radius 3 is 2.17 bits per heavy atom. The molecule has 0 radical (unpaired) electrons. The molecule has 7 heteroatoms. The van der Waals surface area contributed by atoms with E-state index >= 15 is 0 Å². The van der Waals surface area contributed by atoms with Gasteiger partial charge < -0.3 is 10.2 Å². The molecule has 1 fully saturated rings. The molecular weight excluding hydrogens is 269 g/mol. The van der Waals surface area contributed by atoms with Crippen molar-refractivity contribution in [1.29, 1.82) is 0 Å². The van der Waals surface area contributed by atoms with E-state index in [0.29, 0.717) is 25.2 Å². The molecule has 3 nitrogen and oxygen atoms in total. The lowest BCUT2D eigenvalue weighted by Crippen LogP contribution is -2.57. The minimum Gasteiger partial charge on any atom is -0.336 e. The molecule has 100 valence electrons. The zero-order chi connectivity index (χ0) is 12.6. The molecular formula is C11H12ClF3N2O. The Kier molecular flexibility index (Phi) is 4.59. The van der Waals surface area contributed by atoms with Gasteiger partial charge in [0.2, 0.25) is 0 Å². The molecule has 1 amide bonds. The Hall–Kier alpha value is -1.27. The molecule has 0 unspecified atom stereocenters. The summed E-state index contributed by atoms with van der Waals surface area (Å²) < 4.78 is 38.7. The van der Waals surface area contributed by atoms with E-state index in [-0.39, 0.29) is 24.0 Å². The predicted octanol–water partition coefficient (Wildman–Crippen LogP) is 1.57. The van der Waals surface area contributed by atoms with E-state index in [0.717, 1.165) is 0 Å². The van der Waals surface area contributed by atoms with E-state index in [1.165, 1.54) is 4.90 Å². The summed E-state index contributed by atoms with van der Waals surface area (Å²) in [6.45, 7) is 1.29. The van der Waals surface area contributed by atoms with Crippen molar-refractivity contribution < 1.29 is 18.0 Å². The van der Waals surface area contributed by atoms with E-state index < -0.39 is 23.4 Å². The molecule has 1 N–H and O–H groups in total. The minimum absolute atomic E-state index is 0. The number of rotatable bonds is 2. The third kappa shape index (κ3) is 2.59. The average Bonchev–Trinajstić information content (AvgIpc) is 2.21. The number of carbonyl (C=O) groups excluding carboxylic acids is 1. The SMILES string of the molecule is CN(C(=O)c1cc(F)c(F)c(F)c1)C1CNC1.Cl. The second-order valence-electron chi connectivity index (χ2n) is 3.98. The fraction of sp³-hybridized carbons (Fsp3) is 0.364. The smallest absolute Gasteiger partial charge is 0.254 e. The molecule has 0 atom stereocenters. The van der Waals surface area contributed by atoms with Crippen LogP contribution in [-0.2, 0) is 0 Å². The first-order chi connectivity index (χ1) is 8.00. The van der Waals surface area contributed by atoms with Gasteiger partial charge in [-0.05, 0) is 12.1 Å². The molecule has 0 aromatic heterocycles. The number of carbonyl (C=O) groups is 1. The number of nitrogens with one attached hydrogen (secondary N) is 1. The number of benzene rings is 1. The van der Waals surface area contributed by atoms with Crippen molar-refractivity contribution in [3.05, 3.63) is 35.1 Å². The normalized spacial score (nSPS) is 14.7. The van der Waals surface area contributed by atoms with Crippen LogP contribution in [0, 0.1) is 17.5 Å². The summed E-state index contributed by atoms with van der Waals surface area (Å²) in [6, 6.07) is 1.44. The van der Waals surface area contributed by atoms with Crippen LogP contribution in [-0.4, -0.2) is 37.0 Å². The van der Waals surface area contributed by atoms with Gasteiger partial charge in [0.15, 0.2) is 17.5 Å². The van der Waals surface area contributed by atoms with Gasteiger partial charge in [-0.15, -0.1) is 12.4 Å². The van der Waals surface area contributed by atoms with Gasteiger partial charge in [0, 0.05) is 25.7 Å². The van der Waals surface area contributed by atoms with Crippen LogP contribution in [0.3, 0.4) is 0 Å². The maximum Gasteiger partial charge on any atom is 0.254 e. The summed E-state index contributed by atoms with van der Waals surface area (Å²) in [7, 11) is 1.55. The van der Waals surface area contributed by atoms with Crippen molar-refractivity contribution in [2.75, 3.05) is 20.1 Å². The highest BCUT2D eigenvalue weighted by Gasteiger charge is 2.27. The summed E-state index contributed by atoms with van der Waals surface area (Å²) in [5.41, 5.74) is -0.184. The summed E-state index contributed by atoms with van der Waals surface area (Å²) >= 11 is 0. The lowest BCUT2D eigenvalue weighted by molar-refractivity contribution is 0.0680. The van der Waals surface area contributed by atoms with Gasteiger partial charge in [0.05, 0.1) is 6.04 Å².